The minimum atomic E-state index is -1.45. The molecule has 13 heteroatoms. The molecule has 3 heterocycles. The summed E-state index contributed by atoms with van der Waals surface area (Å²) in [7, 11) is 4.97. The predicted molar refractivity (Wildman–Crippen MR) is 155 cm³/mol. The zero-order valence-corrected chi connectivity index (χ0v) is 26.3. The molecule has 3 aliphatic heterocycles. The lowest BCUT2D eigenvalue weighted by Crippen LogP contribution is -2.65. The Morgan fingerprint density at radius 2 is 1.64 bits per heavy atom. The molecule has 0 saturated carbocycles. The van der Waals surface area contributed by atoms with Crippen molar-refractivity contribution in [3.8, 4) is 11.5 Å². The first-order valence-corrected chi connectivity index (χ1v) is 15.6. The number of carbonyl (C=O) groups excluding carboxylic acids is 4. The van der Waals surface area contributed by atoms with Crippen molar-refractivity contribution in [1.82, 2.24) is 4.90 Å². The fraction of sp³-hybridized carbons (Fsp3) is 0.613. The van der Waals surface area contributed by atoms with Crippen molar-refractivity contribution in [3.63, 3.8) is 0 Å². The molecule has 0 aromatic heterocycles. The van der Waals surface area contributed by atoms with Crippen molar-refractivity contribution in [2.24, 2.45) is 5.92 Å². The molecule has 1 spiro atoms. The number of nitrogens with zero attached hydrogens (tertiary/aromatic N) is 1. The van der Waals surface area contributed by atoms with Crippen molar-refractivity contribution in [3.05, 3.63) is 35.4 Å². The van der Waals surface area contributed by atoms with Gasteiger partial charge in [0.05, 0.1) is 19.5 Å². The molecule has 5 aliphatic rings. The number of methoxy groups -OCH3 is 2. The van der Waals surface area contributed by atoms with E-state index in [1.54, 1.807) is 7.11 Å². The molecule has 0 N–H and O–H groups in total. The lowest BCUT2D eigenvalue weighted by molar-refractivity contribution is -0.235. The van der Waals surface area contributed by atoms with Crippen LogP contribution in [0.25, 0.3) is 0 Å². The van der Waals surface area contributed by atoms with E-state index in [1.807, 2.05) is 6.07 Å². The van der Waals surface area contributed by atoms with Crippen LogP contribution in [0.4, 0.5) is 0 Å². The number of likely N-dealkylation sites (N-methyl/N-ethyl adjacent to an activating group) is 1. The van der Waals surface area contributed by atoms with E-state index in [-0.39, 0.29) is 22.7 Å². The monoisotopic (exact) mass is 631 g/mol. The standard InChI is InChI=1S/C31H37NO11S/c1-14(33)39-24-25(40-15(2)34)27(41-16(3)35)30(43-26(24)29(36)38-6)44-21-10-8-18-19-13-17-7-9-20(37-5)23-22(17)31(18,28(21)42-23)11-12-32(19)4/h7-10,18-19,21,24-28,30H,11-13H2,1-6H3/t18-,19+,21+,24-,25-,26-,27+,28-,30-,31-/m0/s1. The summed E-state index contributed by atoms with van der Waals surface area (Å²) in [6.07, 6.45) is 0.338. The summed E-state index contributed by atoms with van der Waals surface area (Å²) in [6.45, 7) is 4.44. The van der Waals surface area contributed by atoms with Crippen LogP contribution in [-0.2, 0) is 54.7 Å². The Balaban J connectivity index is 1.41. The maximum Gasteiger partial charge on any atom is 0.339 e. The number of thioether (sulfide) groups is 1. The number of benzene rings is 1. The number of carbonyl (C=O) groups is 4. The van der Waals surface area contributed by atoms with E-state index in [4.69, 9.17) is 33.2 Å². The molecule has 2 aliphatic carbocycles. The summed E-state index contributed by atoms with van der Waals surface area (Å²) in [5.74, 6) is -1.34. The molecule has 2 saturated heterocycles. The van der Waals surface area contributed by atoms with Crippen LogP contribution >= 0.6 is 11.8 Å². The molecule has 6 rings (SSSR count). The third-order valence-electron chi connectivity index (χ3n) is 9.46. The van der Waals surface area contributed by atoms with Gasteiger partial charge in [-0.2, -0.15) is 0 Å². The molecule has 1 aromatic rings. The van der Waals surface area contributed by atoms with Crippen molar-refractivity contribution in [1.29, 1.82) is 0 Å². The Bertz CT molecular complexity index is 1400. The van der Waals surface area contributed by atoms with Crippen LogP contribution in [0.15, 0.2) is 24.3 Å². The third kappa shape index (κ3) is 4.83. The number of piperidine rings is 1. The van der Waals surface area contributed by atoms with Gasteiger partial charge < -0.3 is 38.1 Å². The summed E-state index contributed by atoms with van der Waals surface area (Å²) in [6, 6.07) is 4.38. The minimum absolute atomic E-state index is 0.199. The number of hydrogen-bond acceptors (Lipinski definition) is 13. The molecule has 10 atom stereocenters. The number of likely N-dealkylation sites (tertiary alicyclic amines) is 1. The second-order valence-corrected chi connectivity index (χ2v) is 13.2. The topological polar surface area (TPSA) is 136 Å². The largest absolute Gasteiger partial charge is 0.493 e. The fourth-order valence-electron chi connectivity index (χ4n) is 7.83. The van der Waals surface area contributed by atoms with Gasteiger partial charge >= 0.3 is 23.9 Å². The maximum atomic E-state index is 13.0. The van der Waals surface area contributed by atoms with Crippen LogP contribution in [-0.4, -0.2) is 104 Å². The quantitative estimate of drug-likeness (QED) is 0.247. The van der Waals surface area contributed by atoms with Gasteiger partial charge in [0, 0.05) is 43.7 Å². The van der Waals surface area contributed by atoms with Crippen LogP contribution in [0.3, 0.4) is 0 Å². The van der Waals surface area contributed by atoms with Crippen LogP contribution in [0.1, 0.15) is 38.3 Å². The molecule has 1 aromatic carbocycles. The van der Waals surface area contributed by atoms with Crippen molar-refractivity contribution in [2.75, 3.05) is 27.8 Å². The van der Waals surface area contributed by atoms with Gasteiger partial charge in [0.15, 0.2) is 35.9 Å². The molecule has 238 valence electrons. The molecule has 0 radical (unpaired) electrons. The van der Waals surface area contributed by atoms with Crippen molar-refractivity contribution in [2.45, 2.75) is 86.3 Å². The Hall–Kier alpha value is -3.29. The second kappa shape index (κ2) is 11.6. The number of hydrogen-bond donors (Lipinski definition) is 0. The van der Waals surface area contributed by atoms with E-state index in [2.05, 4.69) is 30.2 Å². The molecular formula is C31H37NO11S. The second-order valence-electron chi connectivity index (χ2n) is 11.9. The zero-order chi connectivity index (χ0) is 31.5. The van der Waals surface area contributed by atoms with Gasteiger partial charge in [0.1, 0.15) is 11.5 Å². The van der Waals surface area contributed by atoms with E-state index in [9.17, 15) is 19.2 Å². The summed E-state index contributed by atoms with van der Waals surface area (Å²) < 4.78 is 40.5. The molecule has 2 bridgehead atoms. The molecule has 0 unspecified atom stereocenters. The van der Waals surface area contributed by atoms with E-state index in [0.717, 1.165) is 32.1 Å². The lowest BCUT2D eigenvalue weighted by Gasteiger charge is -2.57. The number of ether oxygens (including phenoxy) is 7. The first-order valence-electron chi connectivity index (χ1n) is 14.7. The van der Waals surface area contributed by atoms with E-state index in [0.29, 0.717) is 11.8 Å². The van der Waals surface area contributed by atoms with Crippen LogP contribution in [0, 0.1) is 5.92 Å². The molecular weight excluding hydrogens is 594 g/mol. The smallest absolute Gasteiger partial charge is 0.339 e. The highest BCUT2D eigenvalue weighted by Gasteiger charge is 2.65. The molecule has 12 nitrogen and oxygen atoms in total. The van der Waals surface area contributed by atoms with Gasteiger partial charge in [-0.3, -0.25) is 14.4 Å². The summed E-state index contributed by atoms with van der Waals surface area (Å²) >= 11 is 1.30. The number of esters is 4. The third-order valence-corrected chi connectivity index (χ3v) is 10.8. The van der Waals surface area contributed by atoms with Gasteiger partial charge in [-0.25, -0.2) is 4.79 Å². The fourth-order valence-corrected chi connectivity index (χ4v) is 9.31. The Morgan fingerprint density at radius 1 is 0.955 bits per heavy atom. The summed E-state index contributed by atoms with van der Waals surface area (Å²) in [4.78, 5) is 52.1. The summed E-state index contributed by atoms with van der Waals surface area (Å²) in [5, 5.41) is -0.331. The maximum absolute atomic E-state index is 13.0. The zero-order valence-electron chi connectivity index (χ0n) is 25.5. The highest BCUT2D eigenvalue weighted by atomic mass is 32.2. The van der Waals surface area contributed by atoms with Crippen molar-refractivity contribution < 1.29 is 52.3 Å². The Labute approximate surface area is 259 Å². The van der Waals surface area contributed by atoms with Crippen LogP contribution in [0.2, 0.25) is 0 Å². The summed E-state index contributed by atoms with van der Waals surface area (Å²) in [5.41, 5.74) is 1.07. The lowest BCUT2D eigenvalue weighted by atomic mass is 9.53. The first kappa shape index (κ1) is 30.7. The average molecular weight is 632 g/mol. The van der Waals surface area contributed by atoms with Crippen molar-refractivity contribution >= 4 is 35.6 Å². The van der Waals surface area contributed by atoms with E-state index < -0.39 is 53.7 Å². The van der Waals surface area contributed by atoms with Gasteiger partial charge in [-0.1, -0.05) is 18.2 Å². The number of rotatable bonds is 7. The van der Waals surface area contributed by atoms with E-state index in [1.165, 1.54) is 43.8 Å². The Kier molecular flexibility index (Phi) is 8.08. The average Bonchev–Trinajstić information content (AvgIpc) is 3.32. The first-order chi connectivity index (χ1) is 21.0. The normalized spacial score (nSPS) is 36.4. The van der Waals surface area contributed by atoms with Gasteiger partial charge in [0.2, 0.25) is 0 Å². The molecule has 0 amide bonds. The van der Waals surface area contributed by atoms with Crippen LogP contribution < -0.4 is 9.47 Å². The highest BCUT2D eigenvalue weighted by molar-refractivity contribution is 8.00. The molecule has 44 heavy (non-hydrogen) atoms. The molecule has 2 fully saturated rings. The predicted octanol–water partition coefficient (Wildman–Crippen LogP) is 1.94. The SMILES string of the molecule is COC(=O)[C@H]1O[C@@H](S[C@@H]2C=C[C@H]3[C@H]4Cc5ccc(OC)c6c5[C@@]3(CCN4C)[C@H]2O6)[C@H](OC(C)=O)[C@@H](OC(C)=O)[C@@H]1OC(C)=O. The van der Waals surface area contributed by atoms with Gasteiger partial charge in [0.25, 0.3) is 0 Å². The minimum Gasteiger partial charge on any atom is -0.493 e. The highest BCUT2D eigenvalue weighted by Crippen LogP contribution is 2.63. The van der Waals surface area contributed by atoms with E-state index >= 15 is 0 Å². The van der Waals surface area contributed by atoms with Gasteiger partial charge in [-0.05, 0) is 38.1 Å². The Morgan fingerprint density at radius 3 is 2.30 bits per heavy atom. The van der Waals surface area contributed by atoms with Crippen LogP contribution in [0.5, 0.6) is 11.5 Å². The van der Waals surface area contributed by atoms with Gasteiger partial charge in [-0.15, -0.1) is 11.8 Å².